The average Bonchev–Trinajstić information content (AvgIpc) is 2.76. The third-order valence-electron chi connectivity index (χ3n) is 4.37. The van der Waals surface area contributed by atoms with Crippen molar-refractivity contribution >= 4 is 25.5 Å². The Labute approximate surface area is 142 Å². The third kappa shape index (κ3) is 5.00. The summed E-state index contributed by atoms with van der Waals surface area (Å²) < 4.78 is 7.55. The molecule has 0 saturated heterocycles. The summed E-state index contributed by atoms with van der Waals surface area (Å²) in [5.41, 5.74) is 0. The van der Waals surface area contributed by atoms with E-state index in [1.807, 2.05) is 20.8 Å². The van der Waals surface area contributed by atoms with Gasteiger partial charge < -0.3 is 20.0 Å². The predicted octanol–water partition coefficient (Wildman–Crippen LogP) is 3.26. The molecule has 0 bridgehead atoms. The van der Waals surface area contributed by atoms with Gasteiger partial charge in [0.15, 0.2) is 0 Å². The summed E-state index contributed by atoms with van der Waals surface area (Å²) in [4.78, 5) is 13.8. The number of nitro groups is 1. The first kappa shape index (κ1) is 20.1. The Kier molecular flexibility index (Phi) is 6.37. The lowest BCUT2D eigenvalue weighted by molar-refractivity contribution is -0.389. The Morgan fingerprint density at radius 3 is 2.48 bits per heavy atom. The Morgan fingerprint density at radius 1 is 1.52 bits per heavy atom. The summed E-state index contributed by atoms with van der Waals surface area (Å²) in [7, 11) is -1.59. The van der Waals surface area contributed by atoms with Crippen LogP contribution in [0.4, 0.5) is 5.82 Å². The molecular formula is C14H26ClN3O4Si. The molecule has 0 aliphatic rings. The SMILES string of the molecule is CC[C@@H](OC(C)(C)[Si](C)(C)C)[C@@H](O)Cn1cc([N+](=O)[O-])nc1Cl. The second-order valence-electron chi connectivity index (χ2n) is 7.17. The maximum atomic E-state index is 10.7. The molecule has 0 spiro atoms. The van der Waals surface area contributed by atoms with Crippen molar-refractivity contribution in [1.29, 1.82) is 0 Å². The van der Waals surface area contributed by atoms with E-state index in [2.05, 4.69) is 24.6 Å². The molecule has 1 heterocycles. The zero-order chi connectivity index (χ0) is 18.0. The van der Waals surface area contributed by atoms with E-state index in [0.29, 0.717) is 6.42 Å². The summed E-state index contributed by atoms with van der Waals surface area (Å²) in [6.45, 7) is 12.8. The highest BCUT2D eigenvalue weighted by atomic mass is 35.5. The van der Waals surface area contributed by atoms with Gasteiger partial charge in [-0.3, -0.25) is 4.57 Å². The fraction of sp³-hybridized carbons (Fsp3) is 0.786. The molecule has 0 saturated carbocycles. The summed E-state index contributed by atoms with van der Waals surface area (Å²) >= 11 is 5.89. The quantitative estimate of drug-likeness (QED) is 0.435. The molecule has 0 aromatic carbocycles. The van der Waals surface area contributed by atoms with Crippen molar-refractivity contribution < 1.29 is 14.8 Å². The molecule has 0 amide bonds. The summed E-state index contributed by atoms with van der Waals surface area (Å²) in [6.07, 6.45) is 0.641. The smallest absolute Gasteiger partial charge is 0.383 e. The molecule has 0 unspecified atom stereocenters. The van der Waals surface area contributed by atoms with Crippen LogP contribution in [-0.4, -0.2) is 45.1 Å². The minimum atomic E-state index is -1.59. The van der Waals surface area contributed by atoms with E-state index in [0.717, 1.165) is 0 Å². The van der Waals surface area contributed by atoms with E-state index in [4.69, 9.17) is 16.3 Å². The highest BCUT2D eigenvalue weighted by molar-refractivity contribution is 6.78. The lowest BCUT2D eigenvalue weighted by atomic mass is 10.1. The van der Waals surface area contributed by atoms with Gasteiger partial charge in [-0.15, -0.1) is 0 Å². The molecule has 0 aliphatic carbocycles. The highest BCUT2D eigenvalue weighted by Gasteiger charge is 2.39. The highest BCUT2D eigenvalue weighted by Crippen LogP contribution is 2.28. The van der Waals surface area contributed by atoms with Crippen LogP contribution in [0.3, 0.4) is 0 Å². The van der Waals surface area contributed by atoms with Crippen LogP contribution in [0.15, 0.2) is 6.20 Å². The lowest BCUT2D eigenvalue weighted by Crippen LogP contribution is -2.53. The van der Waals surface area contributed by atoms with Gasteiger partial charge in [-0.1, -0.05) is 26.6 Å². The van der Waals surface area contributed by atoms with Crippen molar-refractivity contribution in [2.45, 2.75) is 70.8 Å². The lowest BCUT2D eigenvalue weighted by Gasteiger charge is -2.41. The van der Waals surface area contributed by atoms with Gasteiger partial charge in [0.2, 0.25) is 0 Å². The van der Waals surface area contributed by atoms with Gasteiger partial charge in [-0.25, -0.2) is 0 Å². The van der Waals surface area contributed by atoms with Gasteiger partial charge in [-0.05, 0) is 41.8 Å². The van der Waals surface area contributed by atoms with Gasteiger partial charge in [0.25, 0.3) is 0 Å². The van der Waals surface area contributed by atoms with Crippen LogP contribution in [0.5, 0.6) is 0 Å². The van der Waals surface area contributed by atoms with Crippen molar-refractivity contribution in [1.82, 2.24) is 9.55 Å². The van der Waals surface area contributed by atoms with Crippen molar-refractivity contribution in [3.63, 3.8) is 0 Å². The predicted molar refractivity (Wildman–Crippen MR) is 92.5 cm³/mol. The van der Waals surface area contributed by atoms with Gasteiger partial charge in [-0.2, -0.15) is 0 Å². The number of hydrogen-bond donors (Lipinski definition) is 1. The molecule has 1 aromatic heterocycles. The second-order valence-corrected chi connectivity index (χ2v) is 13.2. The van der Waals surface area contributed by atoms with Gasteiger partial charge in [0, 0.05) is 0 Å². The normalized spacial score (nSPS) is 15.5. The first-order valence-corrected chi connectivity index (χ1v) is 11.5. The minimum Gasteiger partial charge on any atom is -0.389 e. The molecule has 23 heavy (non-hydrogen) atoms. The average molecular weight is 364 g/mol. The van der Waals surface area contributed by atoms with Crippen molar-refractivity contribution in [3.05, 3.63) is 21.6 Å². The number of rotatable bonds is 8. The zero-order valence-corrected chi connectivity index (χ0v) is 16.3. The second kappa shape index (κ2) is 7.29. The van der Waals surface area contributed by atoms with Crippen LogP contribution in [0, 0.1) is 10.1 Å². The molecule has 0 radical (unpaired) electrons. The van der Waals surface area contributed by atoms with Crippen LogP contribution < -0.4 is 0 Å². The summed E-state index contributed by atoms with van der Waals surface area (Å²) in [5.74, 6) is -0.335. The molecule has 0 fully saturated rings. The van der Waals surface area contributed by atoms with E-state index in [-0.39, 0.29) is 29.0 Å². The summed E-state index contributed by atoms with van der Waals surface area (Å²) in [6, 6.07) is 0. The van der Waals surface area contributed by atoms with Crippen LogP contribution >= 0.6 is 11.6 Å². The van der Waals surface area contributed by atoms with Gasteiger partial charge in [0.1, 0.15) is 6.20 Å². The van der Waals surface area contributed by atoms with Crippen molar-refractivity contribution in [2.24, 2.45) is 0 Å². The third-order valence-corrected chi connectivity index (χ3v) is 8.40. The number of nitrogens with zero attached hydrogens (tertiary/aromatic N) is 3. The molecule has 0 aliphatic heterocycles. The van der Waals surface area contributed by atoms with E-state index in [1.54, 1.807) is 0 Å². The fourth-order valence-corrected chi connectivity index (χ4v) is 2.61. The largest absolute Gasteiger partial charge is 0.389 e. The molecule has 1 rings (SSSR count). The van der Waals surface area contributed by atoms with Crippen LogP contribution in [0.25, 0.3) is 0 Å². The zero-order valence-electron chi connectivity index (χ0n) is 14.5. The minimum absolute atomic E-state index is 0.0185. The number of aromatic nitrogens is 2. The fourth-order valence-electron chi connectivity index (χ4n) is 1.90. The van der Waals surface area contributed by atoms with E-state index < -0.39 is 19.1 Å². The van der Waals surface area contributed by atoms with Crippen molar-refractivity contribution in [3.8, 4) is 0 Å². The maximum absolute atomic E-state index is 10.7. The maximum Gasteiger partial charge on any atom is 0.383 e. The Bertz CT molecular complexity index is 557. The molecule has 132 valence electrons. The Hall–Kier alpha value is -0.963. The molecule has 2 atom stereocenters. The van der Waals surface area contributed by atoms with Crippen LogP contribution in [-0.2, 0) is 11.3 Å². The molecule has 9 heteroatoms. The number of aliphatic hydroxyl groups excluding tert-OH is 1. The monoisotopic (exact) mass is 363 g/mol. The van der Waals surface area contributed by atoms with Gasteiger partial charge >= 0.3 is 11.1 Å². The Balaban J connectivity index is 2.86. The number of ether oxygens (including phenoxy) is 1. The molecule has 7 nitrogen and oxygen atoms in total. The summed E-state index contributed by atoms with van der Waals surface area (Å²) in [5, 5.41) is 20.9. The first-order chi connectivity index (χ1) is 10.4. The van der Waals surface area contributed by atoms with E-state index in [9.17, 15) is 15.2 Å². The molecular weight excluding hydrogens is 338 g/mol. The number of halogens is 1. The molecule has 1 N–H and O–H groups in total. The van der Waals surface area contributed by atoms with E-state index in [1.165, 1.54) is 10.8 Å². The van der Waals surface area contributed by atoms with Gasteiger partial charge in [0.05, 0.1) is 32.1 Å². The van der Waals surface area contributed by atoms with Crippen molar-refractivity contribution in [2.75, 3.05) is 0 Å². The number of hydrogen-bond acceptors (Lipinski definition) is 5. The number of aliphatic hydroxyl groups is 1. The first-order valence-electron chi connectivity index (χ1n) is 7.62. The van der Waals surface area contributed by atoms with Crippen LogP contribution in [0.2, 0.25) is 24.9 Å². The number of imidazole rings is 1. The van der Waals surface area contributed by atoms with Crippen LogP contribution in [0.1, 0.15) is 27.2 Å². The molecule has 1 aromatic rings. The standard InChI is InChI=1S/C14H26ClN3O4Si/c1-7-11(22-14(2,3)23(4,5)6)10(19)8-17-9-12(18(20)21)16-13(17)15/h9-11,19H,7-8H2,1-6H3/t10-,11+/m0/s1. The topological polar surface area (TPSA) is 90.4 Å². The Morgan fingerprint density at radius 2 is 2.09 bits per heavy atom. The van der Waals surface area contributed by atoms with E-state index >= 15 is 0 Å².